The lowest BCUT2D eigenvalue weighted by atomic mass is 10.1. The van der Waals surface area contributed by atoms with Crippen molar-refractivity contribution in [2.75, 3.05) is 7.11 Å². The first-order valence-electron chi connectivity index (χ1n) is 6.69. The third-order valence-corrected chi connectivity index (χ3v) is 3.33. The molecule has 0 fully saturated rings. The summed E-state index contributed by atoms with van der Waals surface area (Å²) in [5.41, 5.74) is 2.63. The Morgan fingerprint density at radius 2 is 2.10 bits per heavy atom. The molecule has 3 aromatic rings. The van der Waals surface area contributed by atoms with Gasteiger partial charge in [0.15, 0.2) is 0 Å². The van der Waals surface area contributed by atoms with E-state index in [0.29, 0.717) is 23.8 Å². The maximum Gasteiger partial charge on any atom is 0.216 e. The van der Waals surface area contributed by atoms with Gasteiger partial charge in [-0.25, -0.2) is 9.97 Å². The van der Waals surface area contributed by atoms with Gasteiger partial charge >= 0.3 is 0 Å². The van der Waals surface area contributed by atoms with Gasteiger partial charge in [-0.15, -0.1) is 0 Å². The maximum absolute atomic E-state index is 10.3. The summed E-state index contributed by atoms with van der Waals surface area (Å²) in [6, 6.07) is 9.50. The fraction of sp³-hybridized carbons (Fsp3) is 0.250. The van der Waals surface area contributed by atoms with Gasteiger partial charge in [0.2, 0.25) is 5.88 Å². The summed E-state index contributed by atoms with van der Waals surface area (Å²) in [5.74, 6) is 1.01. The molecule has 3 rings (SSSR count). The molecule has 5 heteroatoms. The first kappa shape index (κ1) is 13.6. The molecular formula is C16H16N2O3. The van der Waals surface area contributed by atoms with Crippen molar-refractivity contribution < 1.29 is 14.3 Å². The van der Waals surface area contributed by atoms with Gasteiger partial charge < -0.3 is 14.3 Å². The summed E-state index contributed by atoms with van der Waals surface area (Å²) in [6.07, 6.45) is 1.01. The van der Waals surface area contributed by atoms with E-state index in [1.54, 1.807) is 13.2 Å². The van der Waals surface area contributed by atoms with Gasteiger partial charge in [-0.1, -0.05) is 11.6 Å². The lowest BCUT2D eigenvalue weighted by Crippen LogP contribution is -2.03. The number of ether oxygens (including phenoxy) is 1. The molecule has 2 heterocycles. The molecule has 0 saturated heterocycles. The quantitative estimate of drug-likeness (QED) is 0.798. The van der Waals surface area contributed by atoms with Crippen LogP contribution < -0.4 is 4.74 Å². The fourth-order valence-corrected chi connectivity index (χ4v) is 2.25. The zero-order chi connectivity index (χ0) is 14.8. The summed E-state index contributed by atoms with van der Waals surface area (Å²) < 4.78 is 10.7. The third-order valence-electron chi connectivity index (χ3n) is 3.33. The Balaban J connectivity index is 1.84. The smallest absolute Gasteiger partial charge is 0.216 e. The molecule has 0 aliphatic carbocycles. The molecule has 5 nitrogen and oxygen atoms in total. The van der Waals surface area contributed by atoms with Crippen molar-refractivity contribution in [1.82, 2.24) is 9.97 Å². The van der Waals surface area contributed by atoms with Crippen LogP contribution in [0.15, 0.2) is 41.1 Å². The second-order valence-corrected chi connectivity index (χ2v) is 4.96. The van der Waals surface area contributed by atoms with Crippen molar-refractivity contribution >= 4 is 11.0 Å². The summed E-state index contributed by atoms with van der Waals surface area (Å²) in [6.45, 7) is 2.02. The fourth-order valence-electron chi connectivity index (χ4n) is 2.25. The van der Waals surface area contributed by atoms with E-state index in [1.165, 1.54) is 6.33 Å². The molecule has 108 valence electrons. The predicted octanol–water partition coefficient (Wildman–Crippen LogP) is 2.82. The van der Waals surface area contributed by atoms with Crippen LogP contribution in [0.2, 0.25) is 0 Å². The number of hydrogen-bond donors (Lipinski definition) is 1. The second kappa shape index (κ2) is 5.54. The van der Waals surface area contributed by atoms with Crippen LogP contribution in [0.25, 0.3) is 11.0 Å². The number of rotatable bonds is 4. The Bertz CT molecular complexity index is 767. The first-order valence-corrected chi connectivity index (χ1v) is 6.69. The monoisotopic (exact) mass is 284 g/mol. The molecule has 0 aliphatic rings. The maximum atomic E-state index is 10.3. The lowest BCUT2D eigenvalue weighted by Gasteiger charge is -2.07. The Morgan fingerprint density at radius 3 is 2.90 bits per heavy atom. The molecule has 2 aromatic heterocycles. The van der Waals surface area contributed by atoms with Crippen molar-refractivity contribution in [3.8, 4) is 5.88 Å². The molecule has 0 radical (unpaired) electrons. The molecular weight excluding hydrogens is 268 g/mol. The standard InChI is InChI=1S/C16H16N2O3/c1-10-3-4-14-11(5-10)6-15(21-14)13(19)7-12-8-16(20-2)18-9-17-12/h3-6,8-9,13,19H,7H2,1-2H3. The Kier molecular flexibility index (Phi) is 3.58. The molecule has 1 aromatic carbocycles. The second-order valence-electron chi connectivity index (χ2n) is 4.96. The van der Waals surface area contributed by atoms with Crippen molar-refractivity contribution in [2.24, 2.45) is 0 Å². The van der Waals surface area contributed by atoms with Crippen LogP contribution in [-0.4, -0.2) is 22.2 Å². The molecule has 0 amide bonds. The number of aromatic nitrogens is 2. The van der Waals surface area contributed by atoms with Crippen LogP contribution in [0, 0.1) is 6.92 Å². The number of aliphatic hydroxyl groups is 1. The molecule has 1 unspecified atom stereocenters. The third kappa shape index (κ3) is 2.87. The van der Waals surface area contributed by atoms with Gasteiger partial charge in [0.05, 0.1) is 12.8 Å². The number of nitrogens with zero attached hydrogens (tertiary/aromatic N) is 2. The largest absolute Gasteiger partial charge is 0.481 e. The van der Waals surface area contributed by atoms with Gasteiger partial charge in [0.25, 0.3) is 0 Å². The van der Waals surface area contributed by atoms with Crippen molar-refractivity contribution in [1.29, 1.82) is 0 Å². The normalized spacial score (nSPS) is 12.5. The SMILES string of the molecule is COc1cc(CC(O)c2cc3cc(C)ccc3o2)ncn1. The summed E-state index contributed by atoms with van der Waals surface area (Å²) in [7, 11) is 1.55. The zero-order valence-corrected chi connectivity index (χ0v) is 11.9. The minimum Gasteiger partial charge on any atom is -0.481 e. The van der Waals surface area contributed by atoms with Crippen LogP contribution >= 0.6 is 0 Å². The Morgan fingerprint density at radius 1 is 1.24 bits per heavy atom. The number of methoxy groups -OCH3 is 1. The van der Waals surface area contributed by atoms with E-state index in [9.17, 15) is 5.11 Å². The Labute approximate surface area is 122 Å². The van der Waals surface area contributed by atoms with E-state index in [0.717, 1.165) is 16.5 Å². The van der Waals surface area contributed by atoms with Gasteiger partial charge in [0.1, 0.15) is 23.8 Å². The highest BCUT2D eigenvalue weighted by molar-refractivity contribution is 5.78. The lowest BCUT2D eigenvalue weighted by molar-refractivity contribution is 0.151. The Hall–Kier alpha value is -2.40. The molecule has 1 atom stereocenters. The van der Waals surface area contributed by atoms with Crippen LogP contribution in [0.5, 0.6) is 5.88 Å². The topological polar surface area (TPSA) is 68.4 Å². The van der Waals surface area contributed by atoms with E-state index in [4.69, 9.17) is 9.15 Å². The molecule has 1 N–H and O–H groups in total. The number of fused-ring (bicyclic) bond motifs is 1. The highest BCUT2D eigenvalue weighted by atomic mass is 16.5. The van der Waals surface area contributed by atoms with E-state index in [1.807, 2.05) is 31.2 Å². The number of furan rings is 1. The molecule has 21 heavy (non-hydrogen) atoms. The van der Waals surface area contributed by atoms with Crippen molar-refractivity contribution in [2.45, 2.75) is 19.4 Å². The average Bonchev–Trinajstić information content (AvgIpc) is 2.90. The number of aryl methyl sites for hydroxylation is 1. The van der Waals surface area contributed by atoms with Crippen molar-refractivity contribution in [3.05, 3.63) is 53.7 Å². The molecule has 0 bridgehead atoms. The van der Waals surface area contributed by atoms with Crippen LogP contribution in [0.1, 0.15) is 23.1 Å². The first-order chi connectivity index (χ1) is 10.2. The minimum atomic E-state index is -0.752. The highest BCUT2D eigenvalue weighted by Gasteiger charge is 2.15. The van der Waals surface area contributed by atoms with Crippen LogP contribution in [-0.2, 0) is 6.42 Å². The summed E-state index contributed by atoms with van der Waals surface area (Å²) in [4.78, 5) is 8.07. The van der Waals surface area contributed by atoms with Gasteiger partial charge in [-0.05, 0) is 25.1 Å². The average molecular weight is 284 g/mol. The predicted molar refractivity (Wildman–Crippen MR) is 78.2 cm³/mol. The number of benzene rings is 1. The van der Waals surface area contributed by atoms with Gasteiger partial charge in [-0.3, -0.25) is 0 Å². The molecule has 0 saturated carbocycles. The van der Waals surface area contributed by atoms with Crippen LogP contribution in [0.3, 0.4) is 0 Å². The number of aliphatic hydroxyl groups excluding tert-OH is 1. The van der Waals surface area contributed by atoms with Crippen molar-refractivity contribution in [3.63, 3.8) is 0 Å². The molecule has 0 spiro atoms. The van der Waals surface area contributed by atoms with E-state index in [-0.39, 0.29) is 0 Å². The van der Waals surface area contributed by atoms with E-state index in [2.05, 4.69) is 9.97 Å². The zero-order valence-electron chi connectivity index (χ0n) is 11.9. The van der Waals surface area contributed by atoms with E-state index >= 15 is 0 Å². The van der Waals surface area contributed by atoms with E-state index < -0.39 is 6.10 Å². The minimum absolute atomic E-state index is 0.345. The molecule has 0 aliphatic heterocycles. The number of hydrogen-bond acceptors (Lipinski definition) is 5. The van der Waals surface area contributed by atoms with Gasteiger partial charge in [0, 0.05) is 17.9 Å². The summed E-state index contributed by atoms with van der Waals surface area (Å²) in [5, 5.41) is 11.3. The van der Waals surface area contributed by atoms with Gasteiger partial charge in [-0.2, -0.15) is 0 Å². The van der Waals surface area contributed by atoms with Crippen LogP contribution in [0.4, 0.5) is 0 Å². The highest BCUT2D eigenvalue weighted by Crippen LogP contribution is 2.26. The summed E-state index contributed by atoms with van der Waals surface area (Å²) >= 11 is 0.